The van der Waals surface area contributed by atoms with Crippen molar-refractivity contribution in [3.63, 3.8) is 0 Å². The van der Waals surface area contributed by atoms with E-state index in [0.717, 1.165) is 17.8 Å². The highest BCUT2D eigenvalue weighted by Crippen LogP contribution is 2.37. The molecule has 5 N–H and O–H groups in total. The third-order valence-corrected chi connectivity index (χ3v) is 7.91. The number of alkyl halides is 1. The van der Waals surface area contributed by atoms with Crippen LogP contribution in [0.1, 0.15) is 23.6 Å². The van der Waals surface area contributed by atoms with E-state index in [1.807, 2.05) is 42.6 Å². The van der Waals surface area contributed by atoms with Gasteiger partial charge in [-0.1, -0.05) is 53.5 Å². The lowest BCUT2D eigenvalue weighted by Gasteiger charge is -2.33. The van der Waals surface area contributed by atoms with Gasteiger partial charge in [-0.25, -0.2) is 8.78 Å². The van der Waals surface area contributed by atoms with Crippen LogP contribution in [0.15, 0.2) is 78.8 Å². The van der Waals surface area contributed by atoms with E-state index in [1.54, 1.807) is 11.1 Å². The summed E-state index contributed by atoms with van der Waals surface area (Å²) in [5.41, 5.74) is 10.4. The van der Waals surface area contributed by atoms with Gasteiger partial charge in [0.25, 0.3) is 0 Å². The van der Waals surface area contributed by atoms with E-state index in [4.69, 9.17) is 23.2 Å². The third-order valence-electron chi connectivity index (χ3n) is 7.33. The molecule has 3 atom stereocenters. The highest BCUT2D eigenvalue weighted by molar-refractivity contribution is 6.36. The van der Waals surface area contributed by atoms with E-state index >= 15 is 0 Å². The van der Waals surface area contributed by atoms with Crippen LogP contribution in [0, 0.1) is 17.1 Å². The highest BCUT2D eigenvalue weighted by Gasteiger charge is 2.33. The molecule has 4 aromatic rings. The van der Waals surface area contributed by atoms with Gasteiger partial charge in [0.15, 0.2) is 0 Å². The fourth-order valence-corrected chi connectivity index (χ4v) is 5.67. The van der Waals surface area contributed by atoms with Crippen LogP contribution in [0.3, 0.4) is 0 Å². The Labute approximate surface area is 251 Å². The average Bonchev–Trinajstić information content (AvgIpc) is 3.48. The van der Waals surface area contributed by atoms with E-state index < -0.39 is 12.0 Å². The molecule has 1 saturated heterocycles. The van der Waals surface area contributed by atoms with Crippen molar-refractivity contribution in [2.75, 3.05) is 23.7 Å². The molecule has 6 rings (SSSR count). The van der Waals surface area contributed by atoms with Gasteiger partial charge in [0, 0.05) is 35.7 Å². The number of halogens is 4. The Bertz CT molecular complexity index is 1690. The molecule has 0 bridgehead atoms. The second-order valence-electron chi connectivity index (χ2n) is 10.1. The standard InChI is InChI=1S/C30H26Cl2F2N8/c31-22-11-19(6-7-24(22)33)38-28-18(13-35)14-37-30-21(28)10-20(12-23(30)32)39-29(17-4-2-1-3-5-17)26-16-42(41-40-26)27-8-9-36-15-25(27)34/h1-7,10-12,14,16,25,27,29,36,39-41H,8-9,15H2,(H,37,38)/t25-,27-,29+/m1/s1. The van der Waals surface area contributed by atoms with Crippen molar-refractivity contribution in [3.8, 4) is 6.07 Å². The molecule has 3 heterocycles. The van der Waals surface area contributed by atoms with E-state index in [9.17, 15) is 14.0 Å². The fourth-order valence-electron chi connectivity index (χ4n) is 5.22. The molecule has 8 nitrogen and oxygen atoms in total. The Morgan fingerprint density at radius 2 is 1.88 bits per heavy atom. The molecule has 42 heavy (non-hydrogen) atoms. The van der Waals surface area contributed by atoms with Crippen LogP contribution in [-0.4, -0.2) is 35.3 Å². The minimum absolute atomic E-state index is 0.0495. The molecule has 0 unspecified atom stereocenters. The Balaban J connectivity index is 1.39. The normalized spacial score (nSPS) is 19.1. The topological polar surface area (TPSA) is 100 Å². The van der Waals surface area contributed by atoms with Crippen LogP contribution in [0.4, 0.5) is 25.8 Å². The summed E-state index contributed by atoms with van der Waals surface area (Å²) in [5, 5.41) is 22.4. The number of hydrogen-bond donors (Lipinski definition) is 5. The number of piperidine rings is 1. The van der Waals surface area contributed by atoms with Crippen molar-refractivity contribution in [2.24, 2.45) is 0 Å². The Morgan fingerprint density at radius 1 is 1.07 bits per heavy atom. The molecule has 0 amide bonds. The van der Waals surface area contributed by atoms with Crippen LogP contribution < -0.4 is 26.9 Å². The maximum Gasteiger partial charge on any atom is 0.141 e. The zero-order valence-electron chi connectivity index (χ0n) is 22.1. The smallest absolute Gasteiger partial charge is 0.141 e. The lowest BCUT2D eigenvalue weighted by Crippen LogP contribution is -2.53. The van der Waals surface area contributed by atoms with Crippen molar-refractivity contribution in [1.29, 1.82) is 5.26 Å². The summed E-state index contributed by atoms with van der Waals surface area (Å²) in [6.45, 7) is 1.04. The number of hydrazine groups is 2. The summed E-state index contributed by atoms with van der Waals surface area (Å²) in [6, 6.07) is 19.1. The Morgan fingerprint density at radius 3 is 2.64 bits per heavy atom. The summed E-state index contributed by atoms with van der Waals surface area (Å²) < 4.78 is 28.5. The fraction of sp³-hybridized carbons (Fsp3) is 0.200. The minimum Gasteiger partial charge on any atom is -0.373 e. The van der Waals surface area contributed by atoms with Gasteiger partial charge in [0.2, 0.25) is 0 Å². The van der Waals surface area contributed by atoms with E-state index in [-0.39, 0.29) is 22.7 Å². The van der Waals surface area contributed by atoms with Gasteiger partial charge in [-0.2, -0.15) is 5.26 Å². The first kappa shape index (κ1) is 28.0. The number of hydrogen-bond acceptors (Lipinski definition) is 8. The third kappa shape index (κ3) is 5.65. The van der Waals surface area contributed by atoms with Gasteiger partial charge in [0.1, 0.15) is 18.1 Å². The number of nitrogens with zero attached hydrogens (tertiary/aromatic N) is 3. The summed E-state index contributed by atoms with van der Waals surface area (Å²) >= 11 is 12.7. The van der Waals surface area contributed by atoms with Crippen molar-refractivity contribution >= 4 is 51.2 Å². The minimum atomic E-state index is -1.02. The molecule has 12 heteroatoms. The maximum absolute atomic E-state index is 14.7. The number of rotatable bonds is 7. The molecule has 2 aliphatic heterocycles. The molecule has 0 aliphatic carbocycles. The average molecular weight is 607 g/mol. The first-order valence-electron chi connectivity index (χ1n) is 13.3. The Hall–Kier alpha value is -4.14. The van der Waals surface area contributed by atoms with Crippen LogP contribution in [0.25, 0.3) is 10.9 Å². The SMILES string of the molecule is N#Cc1cnc2c(Cl)cc(N[C@H](C3=CN([C@@H]4CCNC[C@H]4F)NN3)c3ccccc3)cc2c1Nc1ccc(F)c(Cl)c1. The van der Waals surface area contributed by atoms with Crippen molar-refractivity contribution in [3.05, 3.63) is 106 Å². The predicted octanol–water partition coefficient (Wildman–Crippen LogP) is 6.32. The molecule has 214 valence electrons. The first-order valence-corrected chi connectivity index (χ1v) is 14.1. The second-order valence-corrected chi connectivity index (χ2v) is 10.9. The van der Waals surface area contributed by atoms with Crippen molar-refractivity contribution in [2.45, 2.75) is 24.7 Å². The molecule has 1 fully saturated rings. The van der Waals surface area contributed by atoms with Gasteiger partial charge >= 0.3 is 0 Å². The van der Waals surface area contributed by atoms with Crippen LogP contribution in [0.5, 0.6) is 0 Å². The predicted molar refractivity (Wildman–Crippen MR) is 161 cm³/mol. The largest absolute Gasteiger partial charge is 0.373 e. The first-order chi connectivity index (χ1) is 20.4. The van der Waals surface area contributed by atoms with Gasteiger partial charge in [-0.05, 0) is 48.9 Å². The van der Waals surface area contributed by atoms with Crippen LogP contribution >= 0.6 is 23.2 Å². The molecule has 3 aromatic carbocycles. The second kappa shape index (κ2) is 12.0. The lowest BCUT2D eigenvalue weighted by atomic mass is 10.0. The monoisotopic (exact) mass is 606 g/mol. The number of anilines is 3. The number of aromatic nitrogens is 1. The van der Waals surface area contributed by atoms with Gasteiger partial charge < -0.3 is 21.4 Å². The quantitative estimate of drug-likeness (QED) is 0.167. The number of nitriles is 1. The molecule has 2 aliphatic rings. The lowest BCUT2D eigenvalue weighted by molar-refractivity contribution is 0.0854. The zero-order chi connectivity index (χ0) is 29.2. The molecule has 1 aromatic heterocycles. The molecule has 0 saturated carbocycles. The van der Waals surface area contributed by atoms with Crippen LogP contribution in [-0.2, 0) is 0 Å². The number of pyridine rings is 1. The summed E-state index contributed by atoms with van der Waals surface area (Å²) in [7, 11) is 0. The molecular formula is C30H26Cl2F2N8. The van der Waals surface area contributed by atoms with E-state index in [0.29, 0.717) is 46.0 Å². The summed E-state index contributed by atoms with van der Waals surface area (Å²) in [5.74, 6) is -0.547. The van der Waals surface area contributed by atoms with Gasteiger partial charge in [-0.15, -0.1) is 5.53 Å². The van der Waals surface area contributed by atoms with Gasteiger partial charge in [-0.3, -0.25) is 9.99 Å². The van der Waals surface area contributed by atoms with Crippen molar-refractivity contribution in [1.82, 2.24) is 26.3 Å². The Kier molecular flexibility index (Phi) is 8.00. The summed E-state index contributed by atoms with van der Waals surface area (Å²) in [6.07, 6.45) is 2.96. The molecular weight excluding hydrogens is 581 g/mol. The van der Waals surface area contributed by atoms with Gasteiger partial charge in [0.05, 0.1) is 44.6 Å². The number of fused-ring (bicyclic) bond motifs is 1. The summed E-state index contributed by atoms with van der Waals surface area (Å²) in [4.78, 5) is 4.42. The molecule has 0 radical (unpaired) electrons. The molecule has 0 spiro atoms. The van der Waals surface area contributed by atoms with E-state index in [2.05, 4.69) is 38.0 Å². The number of benzene rings is 3. The van der Waals surface area contributed by atoms with Crippen molar-refractivity contribution < 1.29 is 8.78 Å². The van der Waals surface area contributed by atoms with E-state index in [1.165, 1.54) is 24.4 Å². The highest BCUT2D eigenvalue weighted by atomic mass is 35.5. The maximum atomic E-state index is 14.7. The number of nitrogens with one attached hydrogen (secondary N) is 5. The van der Waals surface area contributed by atoms with Crippen LogP contribution in [0.2, 0.25) is 10.0 Å². The zero-order valence-corrected chi connectivity index (χ0v) is 23.6.